The molecule has 1 fully saturated rings. The summed E-state index contributed by atoms with van der Waals surface area (Å²) in [5, 5.41) is 3.41. The molecule has 4 nitrogen and oxygen atoms in total. The molecular formula is C17H28N2O2. The van der Waals surface area contributed by atoms with Crippen LogP contribution in [-0.4, -0.2) is 39.4 Å². The molecule has 0 spiro atoms. The maximum absolute atomic E-state index is 5.73. The van der Waals surface area contributed by atoms with Crippen LogP contribution in [0, 0.1) is 5.92 Å². The predicted octanol–water partition coefficient (Wildman–Crippen LogP) is 2.92. The molecule has 1 aromatic carbocycles. The highest BCUT2D eigenvalue weighted by Gasteiger charge is 2.25. The summed E-state index contributed by atoms with van der Waals surface area (Å²) in [6, 6.07) is 6.90. The zero-order valence-corrected chi connectivity index (χ0v) is 13.7. The minimum atomic E-state index is 0.621. The number of ether oxygens (including phenoxy) is 2. The zero-order chi connectivity index (χ0) is 15.2. The second-order valence-corrected chi connectivity index (χ2v) is 5.60. The van der Waals surface area contributed by atoms with Crippen molar-refractivity contribution in [2.75, 3.05) is 38.3 Å². The second kappa shape index (κ2) is 7.55. The fraction of sp³-hybridized carbons (Fsp3) is 0.647. The molecule has 1 aromatic rings. The van der Waals surface area contributed by atoms with Gasteiger partial charge in [-0.05, 0) is 45.4 Å². The van der Waals surface area contributed by atoms with Gasteiger partial charge in [0.15, 0.2) is 11.5 Å². The van der Waals surface area contributed by atoms with Gasteiger partial charge in [-0.3, -0.25) is 0 Å². The summed E-state index contributed by atoms with van der Waals surface area (Å²) in [5.74, 6) is 2.33. The van der Waals surface area contributed by atoms with E-state index >= 15 is 0 Å². The first-order chi connectivity index (χ1) is 10.2. The Morgan fingerprint density at radius 1 is 1.19 bits per heavy atom. The van der Waals surface area contributed by atoms with Crippen LogP contribution in [0.15, 0.2) is 18.2 Å². The summed E-state index contributed by atoms with van der Waals surface area (Å²) in [5.41, 5.74) is 1.23. The Morgan fingerprint density at radius 3 is 2.52 bits per heavy atom. The zero-order valence-electron chi connectivity index (χ0n) is 13.7. The lowest BCUT2D eigenvalue weighted by atomic mass is 9.93. The second-order valence-electron chi connectivity index (χ2n) is 5.60. The van der Waals surface area contributed by atoms with Crippen molar-refractivity contribution in [3.63, 3.8) is 0 Å². The highest BCUT2D eigenvalue weighted by atomic mass is 16.5. The van der Waals surface area contributed by atoms with Crippen LogP contribution < -0.4 is 19.7 Å². The van der Waals surface area contributed by atoms with Crippen LogP contribution in [0.1, 0.15) is 27.2 Å². The third-order valence-electron chi connectivity index (χ3n) is 4.17. The van der Waals surface area contributed by atoms with Gasteiger partial charge in [0.2, 0.25) is 0 Å². The molecule has 1 aliphatic rings. The number of anilines is 1. The van der Waals surface area contributed by atoms with Gasteiger partial charge in [-0.1, -0.05) is 6.92 Å². The number of nitrogens with one attached hydrogen (secondary N) is 1. The molecule has 0 aromatic heterocycles. The Hall–Kier alpha value is -1.42. The first kappa shape index (κ1) is 16.0. The molecule has 1 heterocycles. The van der Waals surface area contributed by atoms with E-state index in [1.165, 1.54) is 12.1 Å². The molecule has 0 bridgehead atoms. The van der Waals surface area contributed by atoms with Crippen LogP contribution in [0.25, 0.3) is 0 Å². The summed E-state index contributed by atoms with van der Waals surface area (Å²) >= 11 is 0. The van der Waals surface area contributed by atoms with E-state index in [9.17, 15) is 0 Å². The molecule has 1 saturated heterocycles. The largest absolute Gasteiger partial charge is 0.490 e. The highest BCUT2D eigenvalue weighted by Crippen LogP contribution is 2.33. The van der Waals surface area contributed by atoms with E-state index in [2.05, 4.69) is 36.3 Å². The van der Waals surface area contributed by atoms with E-state index in [-0.39, 0.29) is 0 Å². The molecule has 2 rings (SSSR count). The third-order valence-corrected chi connectivity index (χ3v) is 4.17. The van der Waals surface area contributed by atoms with E-state index in [1.807, 2.05) is 19.9 Å². The fourth-order valence-corrected chi connectivity index (χ4v) is 3.05. The van der Waals surface area contributed by atoms with Crippen LogP contribution in [0.5, 0.6) is 11.5 Å². The van der Waals surface area contributed by atoms with Crippen LogP contribution >= 0.6 is 0 Å². The lowest BCUT2D eigenvalue weighted by molar-refractivity contribution is 0.287. The molecule has 0 aliphatic carbocycles. The van der Waals surface area contributed by atoms with Gasteiger partial charge in [-0.2, -0.15) is 0 Å². The Labute approximate surface area is 128 Å². The van der Waals surface area contributed by atoms with Gasteiger partial charge in [-0.25, -0.2) is 0 Å². The van der Waals surface area contributed by atoms with Crippen LogP contribution in [0.3, 0.4) is 0 Å². The number of benzene rings is 1. The Kier molecular flexibility index (Phi) is 5.74. The molecule has 2 unspecified atom stereocenters. The van der Waals surface area contributed by atoms with Crippen molar-refractivity contribution < 1.29 is 9.47 Å². The normalized spacial score (nSPS) is 22.2. The molecule has 21 heavy (non-hydrogen) atoms. The number of hydrogen-bond acceptors (Lipinski definition) is 4. The predicted molar refractivity (Wildman–Crippen MR) is 87.6 cm³/mol. The molecule has 1 aliphatic heterocycles. The maximum atomic E-state index is 5.73. The van der Waals surface area contributed by atoms with Gasteiger partial charge in [0.05, 0.1) is 13.2 Å². The van der Waals surface area contributed by atoms with Crippen molar-refractivity contribution in [3.8, 4) is 11.5 Å². The van der Waals surface area contributed by atoms with Crippen molar-refractivity contribution >= 4 is 5.69 Å². The topological polar surface area (TPSA) is 33.7 Å². The van der Waals surface area contributed by atoms with E-state index in [0.29, 0.717) is 25.2 Å². The maximum Gasteiger partial charge on any atom is 0.163 e. The number of piperidine rings is 1. The summed E-state index contributed by atoms with van der Waals surface area (Å²) in [7, 11) is 2.06. The summed E-state index contributed by atoms with van der Waals surface area (Å²) in [4.78, 5) is 2.44. The minimum Gasteiger partial charge on any atom is -0.490 e. The minimum absolute atomic E-state index is 0.621. The van der Waals surface area contributed by atoms with Crippen molar-refractivity contribution in [1.29, 1.82) is 0 Å². The first-order valence-electron chi connectivity index (χ1n) is 8.01. The van der Waals surface area contributed by atoms with E-state index in [4.69, 9.17) is 9.47 Å². The van der Waals surface area contributed by atoms with Crippen molar-refractivity contribution in [3.05, 3.63) is 18.2 Å². The molecule has 118 valence electrons. The number of hydrogen-bond donors (Lipinski definition) is 1. The Bertz CT molecular complexity index is 450. The number of nitrogens with zero attached hydrogens (tertiary/aromatic N) is 1. The average molecular weight is 292 g/mol. The fourth-order valence-electron chi connectivity index (χ4n) is 3.05. The first-order valence-corrected chi connectivity index (χ1v) is 8.01. The lowest BCUT2D eigenvalue weighted by Crippen LogP contribution is -2.47. The number of rotatable bonds is 6. The molecule has 4 heteroatoms. The van der Waals surface area contributed by atoms with E-state index in [1.54, 1.807) is 0 Å². The van der Waals surface area contributed by atoms with Crippen LogP contribution in [0.4, 0.5) is 5.69 Å². The summed E-state index contributed by atoms with van der Waals surface area (Å²) in [6.45, 7) is 9.77. The van der Waals surface area contributed by atoms with Gasteiger partial charge < -0.3 is 19.7 Å². The molecule has 1 N–H and O–H groups in total. The standard InChI is InChI=1S/C17H28N2O2/c1-5-20-16-8-7-14(11-17(16)21-6-2)19-10-9-15(18-4)13(3)12-19/h7-8,11,13,15,18H,5-6,9-10,12H2,1-4H3. The van der Waals surface area contributed by atoms with E-state index in [0.717, 1.165) is 24.6 Å². The molecule has 0 radical (unpaired) electrons. The van der Waals surface area contributed by atoms with Gasteiger partial charge in [-0.15, -0.1) is 0 Å². The monoisotopic (exact) mass is 292 g/mol. The Morgan fingerprint density at radius 2 is 1.90 bits per heavy atom. The molecule has 0 amide bonds. The van der Waals surface area contributed by atoms with Crippen molar-refractivity contribution in [1.82, 2.24) is 5.32 Å². The van der Waals surface area contributed by atoms with Crippen molar-refractivity contribution in [2.24, 2.45) is 5.92 Å². The quantitative estimate of drug-likeness (QED) is 0.874. The van der Waals surface area contributed by atoms with Crippen LogP contribution in [0.2, 0.25) is 0 Å². The Balaban J connectivity index is 2.14. The molecule has 0 saturated carbocycles. The summed E-state index contributed by atoms with van der Waals surface area (Å²) in [6.07, 6.45) is 1.18. The average Bonchev–Trinajstić information content (AvgIpc) is 2.49. The lowest BCUT2D eigenvalue weighted by Gasteiger charge is -2.38. The highest BCUT2D eigenvalue weighted by molar-refractivity contribution is 5.56. The van der Waals surface area contributed by atoms with Gasteiger partial charge in [0.1, 0.15) is 0 Å². The molecular weight excluding hydrogens is 264 g/mol. The molecule has 2 atom stereocenters. The van der Waals surface area contributed by atoms with Gasteiger partial charge in [0.25, 0.3) is 0 Å². The van der Waals surface area contributed by atoms with E-state index < -0.39 is 0 Å². The third kappa shape index (κ3) is 3.82. The SMILES string of the molecule is CCOc1ccc(N2CCC(NC)C(C)C2)cc1OCC. The summed E-state index contributed by atoms with van der Waals surface area (Å²) < 4.78 is 11.4. The van der Waals surface area contributed by atoms with Gasteiger partial charge in [0, 0.05) is 30.9 Å². The van der Waals surface area contributed by atoms with Gasteiger partial charge >= 0.3 is 0 Å². The van der Waals surface area contributed by atoms with Crippen molar-refractivity contribution in [2.45, 2.75) is 33.2 Å². The van der Waals surface area contributed by atoms with Crippen LogP contribution in [-0.2, 0) is 0 Å². The smallest absolute Gasteiger partial charge is 0.163 e.